The highest BCUT2D eigenvalue weighted by molar-refractivity contribution is 5.94. The van der Waals surface area contributed by atoms with Gasteiger partial charge < -0.3 is 10.1 Å². The number of hydrogen-bond acceptors (Lipinski definition) is 2. The molecule has 0 radical (unpaired) electrons. The van der Waals surface area contributed by atoms with E-state index in [0.29, 0.717) is 5.56 Å². The van der Waals surface area contributed by atoms with Gasteiger partial charge in [0.15, 0.2) is 0 Å². The Kier molecular flexibility index (Phi) is 3.74. The van der Waals surface area contributed by atoms with Crippen LogP contribution in [0.25, 0.3) is 0 Å². The minimum Gasteiger partial charge on any atom is -0.379 e. The van der Waals surface area contributed by atoms with Gasteiger partial charge in [-0.3, -0.25) is 4.79 Å². The van der Waals surface area contributed by atoms with Gasteiger partial charge >= 0.3 is 0 Å². The molecule has 3 nitrogen and oxygen atoms in total. The zero-order chi connectivity index (χ0) is 12.3. The number of rotatable bonds is 3. The lowest BCUT2D eigenvalue weighted by Gasteiger charge is -2.19. The summed E-state index contributed by atoms with van der Waals surface area (Å²) >= 11 is 0. The summed E-state index contributed by atoms with van der Waals surface area (Å²) in [5, 5.41) is 2.93. The Bertz CT molecular complexity index is 391. The van der Waals surface area contributed by atoms with E-state index in [0.717, 1.165) is 19.3 Å². The van der Waals surface area contributed by atoms with Crippen molar-refractivity contribution in [3.8, 4) is 0 Å². The molecule has 1 amide bonds. The van der Waals surface area contributed by atoms with E-state index in [-0.39, 0.29) is 23.9 Å². The van der Waals surface area contributed by atoms with E-state index in [2.05, 4.69) is 5.32 Å². The summed E-state index contributed by atoms with van der Waals surface area (Å²) in [6.45, 7) is 0. The Labute approximate surface area is 100.0 Å². The van der Waals surface area contributed by atoms with Crippen LogP contribution < -0.4 is 5.32 Å². The van der Waals surface area contributed by atoms with E-state index >= 15 is 0 Å². The summed E-state index contributed by atoms with van der Waals surface area (Å²) in [4.78, 5) is 11.9. The number of halogens is 1. The predicted molar refractivity (Wildman–Crippen MR) is 62.3 cm³/mol. The van der Waals surface area contributed by atoms with Crippen LogP contribution in [0.4, 0.5) is 4.39 Å². The van der Waals surface area contributed by atoms with Gasteiger partial charge in [-0.15, -0.1) is 0 Å². The summed E-state index contributed by atoms with van der Waals surface area (Å²) in [5.74, 6) is -0.504. The summed E-state index contributed by atoms with van der Waals surface area (Å²) in [6.07, 6.45) is 3.07. The fourth-order valence-electron chi connectivity index (χ4n) is 2.23. The molecule has 0 aliphatic heterocycles. The van der Waals surface area contributed by atoms with Gasteiger partial charge in [-0.25, -0.2) is 4.39 Å². The van der Waals surface area contributed by atoms with Crippen molar-refractivity contribution in [1.29, 1.82) is 0 Å². The molecule has 1 N–H and O–H groups in total. The fourth-order valence-corrected chi connectivity index (χ4v) is 2.23. The number of hydrogen-bond donors (Lipinski definition) is 1. The molecule has 0 bridgehead atoms. The number of methoxy groups -OCH3 is 1. The third-order valence-corrected chi connectivity index (χ3v) is 3.18. The van der Waals surface area contributed by atoms with Gasteiger partial charge in [-0.05, 0) is 43.5 Å². The van der Waals surface area contributed by atoms with Crippen molar-refractivity contribution < 1.29 is 13.9 Å². The smallest absolute Gasteiger partial charge is 0.251 e. The lowest BCUT2D eigenvalue weighted by atomic mass is 10.1. The van der Waals surface area contributed by atoms with E-state index in [4.69, 9.17) is 4.74 Å². The molecule has 2 unspecified atom stereocenters. The highest BCUT2D eigenvalue weighted by Crippen LogP contribution is 2.21. The molecule has 0 aromatic heterocycles. The molecule has 0 spiro atoms. The SMILES string of the molecule is COC1CCCC1NC(=O)c1ccc(F)cc1. The molecule has 1 aromatic carbocycles. The molecule has 1 saturated carbocycles. The second-order valence-electron chi connectivity index (χ2n) is 4.29. The third kappa shape index (κ3) is 2.82. The van der Waals surface area contributed by atoms with E-state index in [1.807, 2.05) is 0 Å². The minimum atomic E-state index is -0.336. The van der Waals surface area contributed by atoms with Crippen LogP contribution in [0.3, 0.4) is 0 Å². The molecule has 1 fully saturated rings. The zero-order valence-electron chi connectivity index (χ0n) is 9.78. The zero-order valence-corrected chi connectivity index (χ0v) is 9.78. The molecule has 92 valence electrons. The van der Waals surface area contributed by atoms with Crippen LogP contribution >= 0.6 is 0 Å². The maximum absolute atomic E-state index is 12.7. The van der Waals surface area contributed by atoms with Gasteiger partial charge in [0.05, 0.1) is 12.1 Å². The molecule has 0 heterocycles. The van der Waals surface area contributed by atoms with Crippen LogP contribution in [0.1, 0.15) is 29.6 Å². The molecular formula is C13H16FNO2. The van der Waals surface area contributed by atoms with Crippen LogP contribution in [0, 0.1) is 5.82 Å². The highest BCUT2D eigenvalue weighted by atomic mass is 19.1. The van der Waals surface area contributed by atoms with Crippen LogP contribution in [0.15, 0.2) is 24.3 Å². The molecule has 2 atom stereocenters. The molecule has 2 rings (SSSR count). The van der Waals surface area contributed by atoms with Crippen molar-refractivity contribution >= 4 is 5.91 Å². The van der Waals surface area contributed by atoms with E-state index in [1.54, 1.807) is 7.11 Å². The van der Waals surface area contributed by atoms with Crippen molar-refractivity contribution in [3.05, 3.63) is 35.6 Å². The molecular weight excluding hydrogens is 221 g/mol. The first-order chi connectivity index (χ1) is 8.20. The maximum Gasteiger partial charge on any atom is 0.251 e. The quantitative estimate of drug-likeness (QED) is 0.874. The lowest BCUT2D eigenvalue weighted by Crippen LogP contribution is -2.40. The minimum absolute atomic E-state index is 0.0672. The number of nitrogens with one attached hydrogen (secondary N) is 1. The highest BCUT2D eigenvalue weighted by Gasteiger charge is 2.28. The van der Waals surface area contributed by atoms with Gasteiger partial charge in [-0.1, -0.05) is 0 Å². The summed E-state index contributed by atoms with van der Waals surface area (Å²) in [7, 11) is 1.66. The second-order valence-corrected chi connectivity index (χ2v) is 4.29. The molecule has 17 heavy (non-hydrogen) atoms. The number of ether oxygens (including phenoxy) is 1. The van der Waals surface area contributed by atoms with Crippen molar-refractivity contribution in [3.63, 3.8) is 0 Å². The largest absolute Gasteiger partial charge is 0.379 e. The van der Waals surface area contributed by atoms with Gasteiger partial charge in [0.25, 0.3) is 5.91 Å². The maximum atomic E-state index is 12.7. The van der Waals surface area contributed by atoms with Crippen molar-refractivity contribution in [2.45, 2.75) is 31.4 Å². The van der Waals surface area contributed by atoms with Gasteiger partial charge in [0.2, 0.25) is 0 Å². The van der Waals surface area contributed by atoms with Crippen LogP contribution in [-0.4, -0.2) is 25.2 Å². The van der Waals surface area contributed by atoms with Gasteiger partial charge in [0.1, 0.15) is 5.82 Å². The summed E-state index contributed by atoms with van der Waals surface area (Å²) < 4.78 is 18.0. The van der Waals surface area contributed by atoms with Crippen LogP contribution in [-0.2, 0) is 4.74 Å². The van der Waals surface area contributed by atoms with Gasteiger partial charge in [-0.2, -0.15) is 0 Å². The number of carbonyl (C=O) groups excluding carboxylic acids is 1. The topological polar surface area (TPSA) is 38.3 Å². The van der Waals surface area contributed by atoms with Crippen molar-refractivity contribution in [1.82, 2.24) is 5.32 Å². The van der Waals surface area contributed by atoms with Gasteiger partial charge in [0, 0.05) is 12.7 Å². The predicted octanol–water partition coefficient (Wildman–Crippen LogP) is 2.12. The number of carbonyl (C=O) groups is 1. The average Bonchev–Trinajstić information content (AvgIpc) is 2.77. The summed E-state index contributed by atoms with van der Waals surface area (Å²) in [6, 6.07) is 5.62. The molecule has 4 heteroatoms. The Balaban J connectivity index is 1.99. The lowest BCUT2D eigenvalue weighted by molar-refractivity contribution is 0.0722. The monoisotopic (exact) mass is 237 g/mol. The Morgan fingerprint density at radius 2 is 2.06 bits per heavy atom. The van der Waals surface area contributed by atoms with Crippen LogP contribution in [0.2, 0.25) is 0 Å². The number of amides is 1. The molecule has 1 aromatic rings. The first kappa shape index (κ1) is 12.0. The first-order valence-electron chi connectivity index (χ1n) is 5.80. The molecule has 0 saturated heterocycles. The van der Waals surface area contributed by atoms with E-state index < -0.39 is 0 Å². The van der Waals surface area contributed by atoms with Crippen molar-refractivity contribution in [2.24, 2.45) is 0 Å². The first-order valence-corrected chi connectivity index (χ1v) is 5.80. The standard InChI is InChI=1S/C13H16FNO2/c1-17-12-4-2-3-11(12)15-13(16)9-5-7-10(14)8-6-9/h5-8,11-12H,2-4H2,1H3,(H,15,16). The van der Waals surface area contributed by atoms with E-state index in [1.165, 1.54) is 24.3 Å². The normalized spacial score (nSPS) is 23.6. The number of benzene rings is 1. The summed E-state index contributed by atoms with van der Waals surface area (Å²) in [5.41, 5.74) is 0.480. The van der Waals surface area contributed by atoms with Crippen molar-refractivity contribution in [2.75, 3.05) is 7.11 Å². The molecule has 1 aliphatic carbocycles. The Hall–Kier alpha value is -1.42. The fraction of sp³-hybridized carbons (Fsp3) is 0.462. The Morgan fingerprint density at radius 1 is 1.35 bits per heavy atom. The third-order valence-electron chi connectivity index (χ3n) is 3.18. The average molecular weight is 237 g/mol. The van der Waals surface area contributed by atoms with E-state index in [9.17, 15) is 9.18 Å². The Morgan fingerprint density at radius 3 is 2.71 bits per heavy atom. The van der Waals surface area contributed by atoms with Crippen LogP contribution in [0.5, 0.6) is 0 Å². The molecule has 1 aliphatic rings. The second kappa shape index (κ2) is 5.27.